The molecule has 1 unspecified atom stereocenters. The van der Waals surface area contributed by atoms with E-state index in [0.717, 1.165) is 12.3 Å². The summed E-state index contributed by atoms with van der Waals surface area (Å²) in [7, 11) is 0. The van der Waals surface area contributed by atoms with Gasteiger partial charge in [-0.1, -0.05) is 6.92 Å². The highest BCUT2D eigenvalue weighted by Crippen LogP contribution is 2.25. The van der Waals surface area contributed by atoms with Gasteiger partial charge >= 0.3 is 5.97 Å². The fourth-order valence-electron chi connectivity index (χ4n) is 1.89. The zero-order chi connectivity index (χ0) is 13.3. The van der Waals surface area contributed by atoms with Crippen molar-refractivity contribution in [3.63, 3.8) is 0 Å². The first-order chi connectivity index (χ1) is 8.52. The molecule has 0 spiro atoms. The minimum atomic E-state index is -0.970. The van der Waals surface area contributed by atoms with Crippen molar-refractivity contribution in [2.24, 2.45) is 4.99 Å². The molecule has 98 valence electrons. The van der Waals surface area contributed by atoms with Crippen LogP contribution in [0.4, 0.5) is 0 Å². The topological polar surface area (TPSA) is 62.1 Å². The number of fused-ring (bicyclic) bond motifs is 1. The highest BCUT2D eigenvalue weighted by Gasteiger charge is 2.30. The Kier molecular flexibility index (Phi) is 3.41. The summed E-state index contributed by atoms with van der Waals surface area (Å²) >= 11 is 0. The van der Waals surface area contributed by atoms with E-state index in [4.69, 9.17) is 4.74 Å². The van der Waals surface area contributed by atoms with E-state index in [2.05, 4.69) is 4.99 Å². The standard InChI is InChI=1S/C13H18N2O3/c1-4-9(3)18-11-5-12-14-6-8(2)15(12)7-10(11)13(16)17/h5,7-9H,4,6H2,1-3H3,(H,16,17)/t8?,9-/m0/s1. The number of ether oxygens (including phenoxy) is 1. The predicted octanol–water partition coefficient (Wildman–Crippen LogP) is 1.77. The van der Waals surface area contributed by atoms with Gasteiger partial charge in [0.15, 0.2) is 0 Å². The van der Waals surface area contributed by atoms with Crippen LogP contribution in [0.3, 0.4) is 0 Å². The molecule has 2 aliphatic rings. The van der Waals surface area contributed by atoms with E-state index in [0.29, 0.717) is 12.3 Å². The molecule has 2 rings (SSSR count). The number of carboxylic acids is 1. The Morgan fingerprint density at radius 3 is 3.06 bits per heavy atom. The van der Waals surface area contributed by atoms with E-state index in [1.165, 1.54) is 0 Å². The fourth-order valence-corrected chi connectivity index (χ4v) is 1.89. The third kappa shape index (κ3) is 2.25. The van der Waals surface area contributed by atoms with Gasteiger partial charge in [0.2, 0.25) is 0 Å². The maximum absolute atomic E-state index is 11.3. The summed E-state index contributed by atoms with van der Waals surface area (Å²) in [4.78, 5) is 17.5. The van der Waals surface area contributed by atoms with Crippen LogP contribution in [-0.4, -0.2) is 40.5 Å². The molecular formula is C13H18N2O3. The van der Waals surface area contributed by atoms with Crippen LogP contribution in [0.2, 0.25) is 0 Å². The zero-order valence-electron chi connectivity index (χ0n) is 10.9. The minimum Gasteiger partial charge on any atom is -0.490 e. The van der Waals surface area contributed by atoms with E-state index >= 15 is 0 Å². The van der Waals surface area contributed by atoms with Crippen LogP contribution < -0.4 is 0 Å². The van der Waals surface area contributed by atoms with Gasteiger partial charge in [-0.25, -0.2) is 4.79 Å². The molecule has 1 N–H and O–H groups in total. The summed E-state index contributed by atoms with van der Waals surface area (Å²) in [6, 6.07) is 0.204. The maximum Gasteiger partial charge on any atom is 0.340 e. The third-order valence-electron chi connectivity index (χ3n) is 3.18. The molecule has 2 aliphatic heterocycles. The highest BCUT2D eigenvalue weighted by atomic mass is 16.5. The van der Waals surface area contributed by atoms with Crippen molar-refractivity contribution in [1.82, 2.24) is 4.90 Å². The van der Waals surface area contributed by atoms with Gasteiger partial charge in [0.1, 0.15) is 17.2 Å². The Bertz CT molecular complexity index is 451. The lowest BCUT2D eigenvalue weighted by Gasteiger charge is -2.26. The average molecular weight is 250 g/mol. The second-order valence-electron chi connectivity index (χ2n) is 4.65. The van der Waals surface area contributed by atoms with Gasteiger partial charge in [0, 0.05) is 12.3 Å². The van der Waals surface area contributed by atoms with Crippen LogP contribution in [0, 0.1) is 0 Å². The quantitative estimate of drug-likeness (QED) is 0.826. The van der Waals surface area contributed by atoms with Crippen molar-refractivity contribution in [3.05, 3.63) is 23.6 Å². The van der Waals surface area contributed by atoms with Gasteiger partial charge in [-0.3, -0.25) is 4.99 Å². The average Bonchev–Trinajstić information content (AvgIpc) is 2.69. The summed E-state index contributed by atoms with van der Waals surface area (Å²) in [5, 5.41) is 9.24. The molecule has 0 saturated carbocycles. The van der Waals surface area contributed by atoms with E-state index in [-0.39, 0.29) is 17.7 Å². The van der Waals surface area contributed by atoms with Crippen LogP contribution in [0.5, 0.6) is 0 Å². The highest BCUT2D eigenvalue weighted by molar-refractivity contribution is 6.02. The number of aliphatic carboxylic acids is 1. The molecule has 5 nitrogen and oxygen atoms in total. The molecule has 0 radical (unpaired) electrons. The normalized spacial score (nSPS) is 23.8. The second-order valence-corrected chi connectivity index (χ2v) is 4.65. The molecule has 0 aromatic rings. The first-order valence-corrected chi connectivity index (χ1v) is 6.19. The Morgan fingerprint density at radius 1 is 1.72 bits per heavy atom. The number of aliphatic imine (C=N–C) groups is 1. The molecule has 0 bridgehead atoms. The third-order valence-corrected chi connectivity index (χ3v) is 3.18. The number of hydrogen-bond donors (Lipinski definition) is 1. The molecule has 0 fully saturated rings. The lowest BCUT2D eigenvalue weighted by Crippen LogP contribution is -2.33. The number of carboxylic acid groups (broad SMARTS) is 1. The Morgan fingerprint density at radius 2 is 2.44 bits per heavy atom. The van der Waals surface area contributed by atoms with Gasteiger partial charge in [-0.05, 0) is 20.3 Å². The smallest absolute Gasteiger partial charge is 0.340 e. The minimum absolute atomic E-state index is 0.00928. The molecular weight excluding hydrogens is 232 g/mol. The van der Waals surface area contributed by atoms with Gasteiger partial charge in [-0.15, -0.1) is 0 Å². The molecule has 0 saturated heterocycles. The number of hydrogen-bond acceptors (Lipinski definition) is 4. The molecule has 2 heterocycles. The lowest BCUT2D eigenvalue weighted by molar-refractivity contribution is -0.132. The zero-order valence-corrected chi connectivity index (χ0v) is 10.9. The number of rotatable bonds is 4. The molecule has 0 aromatic carbocycles. The van der Waals surface area contributed by atoms with Crippen molar-refractivity contribution in [1.29, 1.82) is 0 Å². The van der Waals surface area contributed by atoms with Crippen LogP contribution in [-0.2, 0) is 9.53 Å². The van der Waals surface area contributed by atoms with Gasteiger partial charge in [0.25, 0.3) is 0 Å². The largest absolute Gasteiger partial charge is 0.490 e. The summed E-state index contributed by atoms with van der Waals surface area (Å²) in [6.45, 7) is 6.62. The molecule has 0 amide bonds. The second kappa shape index (κ2) is 4.84. The Balaban J connectivity index is 2.29. The Labute approximate surface area is 106 Å². The first kappa shape index (κ1) is 12.7. The monoisotopic (exact) mass is 250 g/mol. The van der Waals surface area contributed by atoms with Crippen molar-refractivity contribution in [3.8, 4) is 0 Å². The van der Waals surface area contributed by atoms with E-state index < -0.39 is 5.97 Å². The number of carbonyl (C=O) groups is 1. The van der Waals surface area contributed by atoms with Crippen LogP contribution >= 0.6 is 0 Å². The van der Waals surface area contributed by atoms with Gasteiger partial charge < -0.3 is 14.7 Å². The summed E-state index contributed by atoms with van der Waals surface area (Å²) in [5.41, 5.74) is 0.197. The van der Waals surface area contributed by atoms with Crippen LogP contribution in [0.25, 0.3) is 0 Å². The van der Waals surface area contributed by atoms with Crippen LogP contribution in [0.1, 0.15) is 27.2 Å². The van der Waals surface area contributed by atoms with Crippen molar-refractivity contribution in [2.45, 2.75) is 39.3 Å². The summed E-state index contributed by atoms with van der Waals surface area (Å²) < 4.78 is 5.66. The van der Waals surface area contributed by atoms with Crippen molar-refractivity contribution < 1.29 is 14.6 Å². The van der Waals surface area contributed by atoms with E-state index in [1.807, 2.05) is 25.7 Å². The SMILES string of the molecule is CC[C@H](C)OC1=CC2=NCC(C)N2C=C1C(=O)O. The van der Waals surface area contributed by atoms with Gasteiger partial charge in [-0.2, -0.15) is 0 Å². The van der Waals surface area contributed by atoms with Crippen molar-refractivity contribution >= 4 is 11.8 Å². The maximum atomic E-state index is 11.3. The lowest BCUT2D eigenvalue weighted by atomic mass is 10.1. The van der Waals surface area contributed by atoms with Crippen molar-refractivity contribution in [2.75, 3.05) is 6.54 Å². The molecule has 0 aliphatic carbocycles. The summed E-state index contributed by atoms with van der Waals surface area (Å²) in [5.74, 6) is 0.217. The number of amidine groups is 1. The molecule has 2 atom stereocenters. The Hall–Kier alpha value is -1.78. The van der Waals surface area contributed by atoms with E-state index in [9.17, 15) is 9.90 Å². The molecule has 0 aromatic heterocycles. The molecule has 5 heteroatoms. The van der Waals surface area contributed by atoms with Crippen LogP contribution in [0.15, 0.2) is 28.6 Å². The summed E-state index contributed by atoms with van der Waals surface area (Å²) in [6.07, 6.45) is 4.16. The van der Waals surface area contributed by atoms with Gasteiger partial charge in [0.05, 0.1) is 18.7 Å². The fraction of sp³-hybridized carbons (Fsp3) is 0.538. The predicted molar refractivity (Wildman–Crippen MR) is 68.2 cm³/mol. The van der Waals surface area contributed by atoms with E-state index in [1.54, 1.807) is 12.3 Å². The number of nitrogens with zero attached hydrogens (tertiary/aromatic N) is 2. The molecule has 18 heavy (non-hydrogen) atoms. The first-order valence-electron chi connectivity index (χ1n) is 6.19.